The molecule has 4 N–H and O–H groups in total. The van der Waals surface area contributed by atoms with Crippen LogP contribution in [0.15, 0.2) is 42.7 Å². The second kappa shape index (κ2) is 6.72. The minimum atomic E-state index is -1.25. The van der Waals surface area contributed by atoms with E-state index in [1.807, 2.05) is 24.3 Å². The quantitative estimate of drug-likeness (QED) is 0.663. The van der Waals surface area contributed by atoms with Gasteiger partial charge < -0.3 is 16.0 Å². The van der Waals surface area contributed by atoms with Crippen molar-refractivity contribution in [1.29, 1.82) is 5.26 Å². The molecule has 2 atom stereocenters. The number of allylic oxidation sites excluding steroid dienone is 1. The summed E-state index contributed by atoms with van der Waals surface area (Å²) in [6.07, 6.45) is 2.09. The van der Waals surface area contributed by atoms with Gasteiger partial charge in [-0.3, -0.25) is 14.5 Å². The summed E-state index contributed by atoms with van der Waals surface area (Å²) in [4.78, 5) is 40.7. The Balaban J connectivity index is 1.74. The Morgan fingerprint density at radius 3 is 2.81 bits per heavy atom. The number of rotatable bonds is 6. The number of carbonyl (C=O) groups is 3. The van der Waals surface area contributed by atoms with E-state index >= 15 is 0 Å². The van der Waals surface area contributed by atoms with Crippen LogP contribution in [-0.2, 0) is 16.0 Å². The fourth-order valence-corrected chi connectivity index (χ4v) is 2.99. The Morgan fingerprint density at radius 1 is 1.38 bits per heavy atom. The number of hydrogen-bond donors (Lipinski definition) is 3. The minimum Gasteiger partial charge on any atom is -0.401 e. The molecule has 3 rings (SSSR count). The second-order valence-corrected chi connectivity index (χ2v) is 6.09. The molecule has 8 nitrogen and oxygen atoms in total. The van der Waals surface area contributed by atoms with E-state index in [1.165, 1.54) is 0 Å². The van der Waals surface area contributed by atoms with Gasteiger partial charge in [-0.1, -0.05) is 24.8 Å². The van der Waals surface area contributed by atoms with Gasteiger partial charge in [-0.25, -0.2) is 4.79 Å². The van der Waals surface area contributed by atoms with Gasteiger partial charge in [0.2, 0.25) is 0 Å². The highest BCUT2D eigenvalue weighted by Gasteiger charge is 2.40. The molecule has 0 bridgehead atoms. The first kappa shape index (κ1) is 17.2. The summed E-state index contributed by atoms with van der Waals surface area (Å²) in [5.74, 6) is -2.40. The third-order valence-electron chi connectivity index (χ3n) is 4.34. The van der Waals surface area contributed by atoms with Crippen LogP contribution in [-0.4, -0.2) is 40.2 Å². The molecule has 1 aliphatic heterocycles. The van der Waals surface area contributed by atoms with Crippen LogP contribution in [0.1, 0.15) is 5.56 Å². The van der Waals surface area contributed by atoms with Crippen molar-refractivity contribution in [2.45, 2.75) is 12.5 Å². The van der Waals surface area contributed by atoms with Gasteiger partial charge in [0.15, 0.2) is 5.78 Å². The highest BCUT2D eigenvalue weighted by molar-refractivity contribution is 6.07. The zero-order valence-electron chi connectivity index (χ0n) is 13.9. The van der Waals surface area contributed by atoms with Gasteiger partial charge in [-0.15, -0.1) is 0 Å². The van der Waals surface area contributed by atoms with Gasteiger partial charge >= 0.3 is 6.03 Å². The van der Waals surface area contributed by atoms with E-state index in [-0.39, 0.29) is 5.70 Å². The van der Waals surface area contributed by atoms with E-state index in [0.29, 0.717) is 6.42 Å². The van der Waals surface area contributed by atoms with Crippen molar-refractivity contribution < 1.29 is 14.4 Å². The van der Waals surface area contributed by atoms with Gasteiger partial charge in [-0.05, 0) is 11.6 Å². The van der Waals surface area contributed by atoms with Crippen molar-refractivity contribution in [3.8, 4) is 6.07 Å². The number of amides is 3. The van der Waals surface area contributed by atoms with Crippen molar-refractivity contribution in [2.24, 2.45) is 11.7 Å². The molecule has 2 heterocycles. The largest absolute Gasteiger partial charge is 0.401 e. The highest BCUT2D eigenvalue weighted by atomic mass is 16.2. The van der Waals surface area contributed by atoms with Crippen molar-refractivity contribution in [1.82, 2.24) is 15.2 Å². The summed E-state index contributed by atoms with van der Waals surface area (Å²) in [7, 11) is 0. The normalized spacial score (nSPS) is 17.8. The lowest BCUT2D eigenvalue weighted by Crippen LogP contribution is -2.39. The summed E-state index contributed by atoms with van der Waals surface area (Å²) >= 11 is 0. The number of para-hydroxylation sites is 1. The molecule has 132 valence electrons. The zero-order chi connectivity index (χ0) is 18.8. The lowest BCUT2D eigenvalue weighted by Gasteiger charge is -2.14. The third-order valence-corrected chi connectivity index (χ3v) is 4.34. The van der Waals surface area contributed by atoms with E-state index in [1.54, 1.807) is 12.3 Å². The Bertz CT molecular complexity index is 955. The number of ketones is 1. The number of aromatic amines is 1. The van der Waals surface area contributed by atoms with Crippen LogP contribution in [0.5, 0.6) is 0 Å². The molecule has 8 heteroatoms. The lowest BCUT2D eigenvalue weighted by molar-refractivity contribution is -0.131. The fourth-order valence-electron chi connectivity index (χ4n) is 2.99. The lowest BCUT2D eigenvalue weighted by atomic mass is 10.0. The van der Waals surface area contributed by atoms with Crippen molar-refractivity contribution >= 4 is 28.6 Å². The topological polar surface area (TPSA) is 132 Å². The standard InChI is InChI=1S/C18H17N5O3/c1-10(20)13(7-19)16(24)9-23-17(25)15(22-18(23)26)6-11-8-21-14-5-3-2-4-12(11)14/h2-5,8,13,15,21H,1,6,9,20H2,(H,22,26)/t13-,15-/m0/s1. The molecule has 3 amide bonds. The number of hydrogen-bond acceptors (Lipinski definition) is 5. The number of benzene rings is 1. The van der Waals surface area contributed by atoms with Gasteiger partial charge in [0.25, 0.3) is 5.91 Å². The van der Waals surface area contributed by atoms with Crippen LogP contribution in [0.25, 0.3) is 10.9 Å². The summed E-state index contributed by atoms with van der Waals surface area (Å²) < 4.78 is 0. The molecule has 0 unspecified atom stereocenters. The minimum absolute atomic E-state index is 0.111. The number of aromatic nitrogens is 1. The number of urea groups is 1. The summed E-state index contributed by atoms with van der Waals surface area (Å²) in [6, 6.07) is 7.93. The molecular formula is C18H17N5O3. The van der Waals surface area contributed by atoms with E-state index in [9.17, 15) is 14.4 Å². The molecular weight excluding hydrogens is 334 g/mol. The molecule has 26 heavy (non-hydrogen) atoms. The average Bonchev–Trinajstić information content (AvgIpc) is 3.12. The van der Waals surface area contributed by atoms with Crippen LogP contribution in [0, 0.1) is 17.2 Å². The second-order valence-electron chi connectivity index (χ2n) is 6.09. The maximum atomic E-state index is 12.5. The Morgan fingerprint density at radius 2 is 2.12 bits per heavy atom. The number of nitrogens with one attached hydrogen (secondary N) is 2. The van der Waals surface area contributed by atoms with E-state index in [2.05, 4.69) is 16.9 Å². The van der Waals surface area contributed by atoms with Gasteiger partial charge in [-0.2, -0.15) is 5.26 Å². The first-order valence-corrected chi connectivity index (χ1v) is 7.96. The molecule has 0 saturated carbocycles. The maximum absolute atomic E-state index is 12.5. The van der Waals surface area contributed by atoms with Gasteiger partial charge in [0, 0.05) is 29.2 Å². The number of imide groups is 1. The summed E-state index contributed by atoms with van der Waals surface area (Å²) in [5, 5.41) is 12.5. The number of carbonyl (C=O) groups excluding carboxylic acids is 3. The van der Waals surface area contributed by atoms with Crippen LogP contribution >= 0.6 is 0 Å². The summed E-state index contributed by atoms with van der Waals surface area (Å²) in [6.45, 7) is 2.87. The molecule has 1 saturated heterocycles. The Kier molecular flexibility index (Phi) is 4.45. The Hall–Kier alpha value is -3.60. The number of H-pyrrole nitrogens is 1. The molecule has 1 fully saturated rings. The van der Waals surface area contributed by atoms with E-state index in [0.717, 1.165) is 21.4 Å². The first-order chi connectivity index (χ1) is 12.4. The van der Waals surface area contributed by atoms with Gasteiger partial charge in [0.1, 0.15) is 12.0 Å². The smallest absolute Gasteiger partial charge is 0.325 e. The number of Topliss-reactive ketones (excluding diaryl/α,β-unsaturated/α-hetero) is 1. The van der Waals surface area contributed by atoms with Crippen LogP contribution in [0.2, 0.25) is 0 Å². The van der Waals surface area contributed by atoms with Gasteiger partial charge in [0.05, 0.1) is 12.6 Å². The monoisotopic (exact) mass is 351 g/mol. The SMILES string of the molecule is C=C(N)[C@H](C#N)C(=O)CN1C(=O)N[C@@H](Cc2c[nH]c3ccccc23)C1=O. The molecule has 0 aliphatic carbocycles. The van der Waals surface area contributed by atoms with Crippen LogP contribution < -0.4 is 11.1 Å². The maximum Gasteiger partial charge on any atom is 0.325 e. The number of nitrogens with zero attached hydrogens (tertiary/aromatic N) is 2. The number of nitriles is 1. The third kappa shape index (κ3) is 3.02. The number of fused-ring (bicyclic) bond motifs is 1. The molecule has 1 aromatic carbocycles. The predicted octanol–water partition coefficient (Wildman–Crippen LogP) is 0.812. The van der Waals surface area contributed by atoms with Crippen molar-refractivity contribution in [3.05, 3.63) is 48.3 Å². The predicted molar refractivity (Wildman–Crippen MR) is 93.5 cm³/mol. The Labute approximate surface area is 149 Å². The first-order valence-electron chi connectivity index (χ1n) is 7.96. The fraction of sp³-hybridized carbons (Fsp3) is 0.222. The molecule has 2 aromatic rings. The molecule has 0 spiro atoms. The van der Waals surface area contributed by atoms with Crippen LogP contribution in [0.3, 0.4) is 0 Å². The number of nitrogens with two attached hydrogens (primary N) is 1. The van der Waals surface area contributed by atoms with E-state index in [4.69, 9.17) is 11.0 Å². The van der Waals surface area contributed by atoms with Crippen molar-refractivity contribution in [2.75, 3.05) is 6.54 Å². The van der Waals surface area contributed by atoms with Crippen LogP contribution in [0.4, 0.5) is 4.79 Å². The summed E-state index contributed by atoms with van der Waals surface area (Å²) in [5.41, 5.74) is 7.13. The zero-order valence-corrected chi connectivity index (χ0v) is 13.9. The average molecular weight is 351 g/mol. The molecule has 1 aliphatic rings. The van der Waals surface area contributed by atoms with E-state index < -0.39 is 36.2 Å². The molecule has 0 radical (unpaired) electrons. The highest BCUT2D eigenvalue weighted by Crippen LogP contribution is 2.21. The van der Waals surface area contributed by atoms with Crippen molar-refractivity contribution in [3.63, 3.8) is 0 Å². The molecule has 1 aromatic heterocycles.